The third kappa shape index (κ3) is 3.65. The Morgan fingerprint density at radius 1 is 1.16 bits per heavy atom. The minimum absolute atomic E-state index is 0.119. The molecule has 1 saturated carbocycles. The minimum atomic E-state index is -0.366. The van der Waals surface area contributed by atoms with Crippen LogP contribution in [0.4, 0.5) is 4.39 Å². The summed E-state index contributed by atoms with van der Waals surface area (Å²) in [5.74, 6) is 1.28. The molecule has 2 bridgehead atoms. The summed E-state index contributed by atoms with van der Waals surface area (Å²) < 4.78 is 19.2. The van der Waals surface area contributed by atoms with Crippen molar-refractivity contribution in [3.8, 4) is 17.1 Å². The molecule has 7 heteroatoms. The van der Waals surface area contributed by atoms with Gasteiger partial charge < -0.3 is 9.64 Å². The number of rotatable bonds is 5. The zero-order valence-corrected chi connectivity index (χ0v) is 17.3. The standard InChI is InChI=1S/C24H23FN4O2/c1-16-3-8-20(22-26-10-2-11-27-22)21(28-16)23(30)29-12-9-17-13-24(29,14-17)15-31-19-6-4-18(25)5-7-19/h2-8,10-11,17H,9,12-15H2,1H3. The molecule has 2 aliphatic heterocycles. The van der Waals surface area contributed by atoms with E-state index in [1.54, 1.807) is 30.6 Å². The van der Waals surface area contributed by atoms with Gasteiger partial charge in [-0.05, 0) is 74.6 Å². The van der Waals surface area contributed by atoms with Gasteiger partial charge in [-0.1, -0.05) is 0 Å². The van der Waals surface area contributed by atoms with Gasteiger partial charge in [-0.15, -0.1) is 0 Å². The molecule has 0 N–H and O–H groups in total. The summed E-state index contributed by atoms with van der Waals surface area (Å²) in [5.41, 5.74) is 1.40. The highest BCUT2D eigenvalue weighted by atomic mass is 19.1. The Kier molecular flexibility index (Phi) is 4.88. The fourth-order valence-electron chi connectivity index (χ4n) is 4.72. The van der Waals surface area contributed by atoms with Gasteiger partial charge in [0.05, 0.1) is 11.1 Å². The van der Waals surface area contributed by atoms with Crippen molar-refractivity contribution in [2.24, 2.45) is 5.92 Å². The van der Waals surface area contributed by atoms with Crippen molar-refractivity contribution in [3.05, 3.63) is 72.1 Å². The number of fused-ring (bicyclic) bond motifs is 2. The van der Waals surface area contributed by atoms with Crippen molar-refractivity contribution >= 4 is 5.91 Å². The maximum absolute atomic E-state index is 13.7. The summed E-state index contributed by atoms with van der Waals surface area (Å²) in [6, 6.07) is 11.5. The fourth-order valence-corrected chi connectivity index (χ4v) is 4.72. The van der Waals surface area contributed by atoms with Crippen molar-refractivity contribution in [1.29, 1.82) is 0 Å². The Hall–Kier alpha value is -3.35. The van der Waals surface area contributed by atoms with Crippen LogP contribution in [0.1, 0.15) is 35.4 Å². The van der Waals surface area contributed by atoms with Crippen LogP contribution in [0.25, 0.3) is 11.4 Å². The lowest BCUT2D eigenvalue weighted by Gasteiger charge is -2.58. The zero-order valence-electron chi connectivity index (χ0n) is 17.3. The number of hydrogen-bond donors (Lipinski definition) is 0. The second-order valence-electron chi connectivity index (χ2n) is 8.41. The first kappa shape index (κ1) is 19.6. The predicted octanol–water partition coefficient (Wildman–Crippen LogP) is 4.06. The predicted molar refractivity (Wildman–Crippen MR) is 113 cm³/mol. The molecule has 3 fully saturated rings. The lowest BCUT2D eigenvalue weighted by Crippen LogP contribution is -2.67. The summed E-state index contributed by atoms with van der Waals surface area (Å²) in [6.45, 7) is 2.92. The number of aryl methyl sites for hydroxylation is 1. The van der Waals surface area contributed by atoms with Crippen molar-refractivity contribution in [3.63, 3.8) is 0 Å². The number of nitrogens with zero attached hydrogens (tertiary/aromatic N) is 4. The summed E-state index contributed by atoms with van der Waals surface area (Å²) in [7, 11) is 0. The van der Waals surface area contributed by atoms with E-state index in [1.165, 1.54) is 12.1 Å². The minimum Gasteiger partial charge on any atom is -0.491 e. The molecule has 158 valence electrons. The smallest absolute Gasteiger partial charge is 0.273 e. The molecule has 1 aromatic carbocycles. The highest BCUT2D eigenvalue weighted by Crippen LogP contribution is 2.49. The van der Waals surface area contributed by atoms with E-state index in [4.69, 9.17) is 4.74 Å². The number of halogens is 1. The molecule has 3 aromatic rings. The largest absolute Gasteiger partial charge is 0.491 e. The van der Waals surface area contributed by atoms with Crippen LogP contribution in [0.3, 0.4) is 0 Å². The average Bonchev–Trinajstić information content (AvgIpc) is 2.78. The van der Waals surface area contributed by atoms with Gasteiger partial charge in [0.1, 0.15) is 23.9 Å². The maximum Gasteiger partial charge on any atom is 0.273 e. The number of aromatic nitrogens is 3. The van der Waals surface area contributed by atoms with Gasteiger partial charge in [0.2, 0.25) is 0 Å². The molecule has 0 atom stereocenters. The number of carbonyl (C=O) groups excluding carboxylic acids is 1. The number of benzene rings is 1. The van der Waals surface area contributed by atoms with Crippen LogP contribution in [0.15, 0.2) is 54.9 Å². The van der Waals surface area contributed by atoms with E-state index in [1.807, 2.05) is 24.0 Å². The first-order valence-electron chi connectivity index (χ1n) is 10.5. The van der Waals surface area contributed by atoms with E-state index in [-0.39, 0.29) is 17.3 Å². The van der Waals surface area contributed by atoms with Crippen LogP contribution in [0, 0.1) is 18.7 Å². The molecule has 1 aliphatic carbocycles. The first-order chi connectivity index (χ1) is 15.0. The van der Waals surface area contributed by atoms with Crippen molar-refractivity contribution in [1.82, 2.24) is 19.9 Å². The monoisotopic (exact) mass is 418 g/mol. The highest BCUT2D eigenvalue weighted by Gasteiger charge is 2.54. The summed E-state index contributed by atoms with van der Waals surface area (Å²) >= 11 is 0. The average molecular weight is 418 g/mol. The van der Waals surface area contributed by atoms with E-state index >= 15 is 0 Å². The van der Waals surface area contributed by atoms with E-state index in [0.29, 0.717) is 41.9 Å². The van der Waals surface area contributed by atoms with E-state index < -0.39 is 0 Å². The molecule has 6 rings (SSSR count). The topological polar surface area (TPSA) is 68.2 Å². The number of carbonyl (C=O) groups is 1. The molecule has 31 heavy (non-hydrogen) atoms. The summed E-state index contributed by atoms with van der Waals surface area (Å²) in [4.78, 5) is 28.9. The Morgan fingerprint density at radius 3 is 2.65 bits per heavy atom. The van der Waals surface area contributed by atoms with Gasteiger partial charge in [-0.3, -0.25) is 4.79 Å². The molecule has 2 aromatic heterocycles. The Bertz CT molecular complexity index is 1100. The van der Waals surface area contributed by atoms with Crippen LogP contribution >= 0.6 is 0 Å². The summed E-state index contributed by atoms with van der Waals surface area (Å²) in [6.07, 6.45) is 6.11. The van der Waals surface area contributed by atoms with E-state index in [2.05, 4.69) is 15.0 Å². The second kappa shape index (κ2) is 7.72. The van der Waals surface area contributed by atoms with E-state index in [0.717, 1.165) is 25.0 Å². The normalized spacial score (nSPS) is 22.0. The molecule has 0 unspecified atom stereocenters. The van der Waals surface area contributed by atoms with Gasteiger partial charge in [-0.25, -0.2) is 19.3 Å². The molecular weight excluding hydrogens is 395 g/mol. The van der Waals surface area contributed by atoms with E-state index in [9.17, 15) is 9.18 Å². The van der Waals surface area contributed by atoms with Crippen LogP contribution in [-0.2, 0) is 0 Å². The second-order valence-corrected chi connectivity index (χ2v) is 8.41. The lowest BCUT2D eigenvalue weighted by atomic mass is 9.63. The third-order valence-electron chi connectivity index (χ3n) is 6.28. The van der Waals surface area contributed by atoms with Gasteiger partial charge in [0.15, 0.2) is 5.82 Å². The van der Waals surface area contributed by atoms with Crippen LogP contribution < -0.4 is 4.74 Å². The molecule has 6 nitrogen and oxygen atoms in total. The van der Waals surface area contributed by atoms with Gasteiger partial charge in [0.25, 0.3) is 5.91 Å². The number of pyridine rings is 1. The zero-order chi connectivity index (χ0) is 21.4. The van der Waals surface area contributed by atoms with Crippen LogP contribution in [-0.4, -0.2) is 44.4 Å². The quantitative estimate of drug-likeness (QED) is 0.625. The Morgan fingerprint density at radius 2 is 1.90 bits per heavy atom. The molecule has 2 saturated heterocycles. The molecule has 0 spiro atoms. The van der Waals surface area contributed by atoms with Crippen LogP contribution in [0.5, 0.6) is 5.75 Å². The SMILES string of the molecule is Cc1ccc(-c2ncccn2)c(C(=O)N2CCC3CC2(COc2ccc(F)cc2)C3)n1. The summed E-state index contributed by atoms with van der Waals surface area (Å²) in [5, 5.41) is 0. The van der Waals surface area contributed by atoms with Crippen molar-refractivity contribution in [2.45, 2.75) is 31.7 Å². The maximum atomic E-state index is 13.7. The van der Waals surface area contributed by atoms with Gasteiger partial charge in [-0.2, -0.15) is 0 Å². The molecule has 3 aliphatic rings. The number of piperidine rings is 2. The van der Waals surface area contributed by atoms with Gasteiger partial charge >= 0.3 is 0 Å². The molecular formula is C24H23FN4O2. The Labute approximate surface area is 180 Å². The highest BCUT2D eigenvalue weighted by molar-refractivity contribution is 5.99. The Balaban J connectivity index is 1.44. The number of amides is 1. The van der Waals surface area contributed by atoms with Crippen molar-refractivity contribution < 1.29 is 13.9 Å². The third-order valence-corrected chi connectivity index (χ3v) is 6.28. The number of ether oxygens (including phenoxy) is 1. The van der Waals surface area contributed by atoms with Gasteiger partial charge in [0, 0.05) is 24.6 Å². The van der Waals surface area contributed by atoms with Crippen molar-refractivity contribution in [2.75, 3.05) is 13.2 Å². The molecule has 1 amide bonds. The molecule has 4 heterocycles. The first-order valence-corrected chi connectivity index (χ1v) is 10.5. The lowest BCUT2D eigenvalue weighted by molar-refractivity contribution is -0.0798. The van der Waals surface area contributed by atoms with Crippen LogP contribution in [0.2, 0.25) is 0 Å². The number of hydrogen-bond acceptors (Lipinski definition) is 5. The molecule has 0 radical (unpaired) electrons. The fraction of sp³-hybridized carbons (Fsp3) is 0.333.